The topological polar surface area (TPSA) is 82.6 Å². The van der Waals surface area contributed by atoms with Crippen LogP contribution >= 0.6 is 0 Å². The summed E-state index contributed by atoms with van der Waals surface area (Å²) in [6.07, 6.45) is 3.41. The fourth-order valence-electron chi connectivity index (χ4n) is 2.02. The van der Waals surface area contributed by atoms with Gasteiger partial charge in [0.25, 0.3) is 0 Å². The SMILES string of the molecule is CNc1nc(N(C)Cc2ccccn2)c2[nH]cnc2n1. The van der Waals surface area contributed by atoms with Crippen LogP contribution in [0, 0.1) is 0 Å². The number of fused-ring (bicyclic) bond motifs is 1. The lowest BCUT2D eigenvalue weighted by Gasteiger charge is -2.18. The van der Waals surface area contributed by atoms with Crippen molar-refractivity contribution in [2.75, 3.05) is 24.3 Å². The van der Waals surface area contributed by atoms with E-state index in [1.54, 1.807) is 19.6 Å². The lowest BCUT2D eigenvalue weighted by molar-refractivity contribution is 0.867. The lowest BCUT2D eigenvalue weighted by Crippen LogP contribution is -2.19. The molecule has 102 valence electrons. The molecule has 0 unspecified atom stereocenters. The lowest BCUT2D eigenvalue weighted by atomic mass is 10.3. The molecule has 3 aromatic rings. The maximum Gasteiger partial charge on any atom is 0.226 e. The molecule has 0 bridgehead atoms. The highest BCUT2D eigenvalue weighted by Crippen LogP contribution is 2.22. The molecule has 0 radical (unpaired) electrons. The third-order valence-corrected chi connectivity index (χ3v) is 2.98. The molecule has 0 spiro atoms. The first-order chi connectivity index (χ1) is 9.78. The molecule has 0 saturated carbocycles. The number of nitrogens with one attached hydrogen (secondary N) is 2. The molecule has 0 aliphatic rings. The van der Waals surface area contributed by atoms with Crippen molar-refractivity contribution in [1.29, 1.82) is 0 Å². The molecule has 0 fully saturated rings. The molecule has 0 saturated heterocycles. The monoisotopic (exact) mass is 269 g/mol. The molecule has 7 heteroatoms. The minimum Gasteiger partial charge on any atom is -0.357 e. The van der Waals surface area contributed by atoms with Gasteiger partial charge in [-0.05, 0) is 12.1 Å². The van der Waals surface area contributed by atoms with E-state index in [4.69, 9.17) is 0 Å². The van der Waals surface area contributed by atoms with Crippen LogP contribution in [-0.2, 0) is 6.54 Å². The number of imidazole rings is 1. The van der Waals surface area contributed by atoms with E-state index in [0.717, 1.165) is 17.0 Å². The zero-order valence-electron chi connectivity index (χ0n) is 11.3. The molecule has 0 atom stereocenters. The quantitative estimate of drug-likeness (QED) is 0.745. The number of H-pyrrole nitrogens is 1. The predicted octanol–water partition coefficient (Wildman–Crippen LogP) is 1.43. The highest BCUT2D eigenvalue weighted by molar-refractivity contribution is 5.84. The summed E-state index contributed by atoms with van der Waals surface area (Å²) in [5, 5.41) is 2.95. The Labute approximate surface area is 116 Å². The second-order valence-electron chi connectivity index (χ2n) is 4.40. The van der Waals surface area contributed by atoms with Gasteiger partial charge >= 0.3 is 0 Å². The Bertz CT molecular complexity index is 707. The van der Waals surface area contributed by atoms with Crippen molar-refractivity contribution in [3.63, 3.8) is 0 Å². The highest BCUT2D eigenvalue weighted by atomic mass is 15.2. The van der Waals surface area contributed by atoms with Crippen LogP contribution in [0.3, 0.4) is 0 Å². The summed E-state index contributed by atoms with van der Waals surface area (Å²) in [6, 6.07) is 5.86. The van der Waals surface area contributed by atoms with Gasteiger partial charge in [0, 0.05) is 20.3 Å². The van der Waals surface area contributed by atoms with E-state index in [0.29, 0.717) is 18.1 Å². The van der Waals surface area contributed by atoms with E-state index in [2.05, 4.69) is 30.2 Å². The normalized spacial score (nSPS) is 10.7. The molecule has 7 nitrogen and oxygen atoms in total. The number of pyridine rings is 1. The maximum atomic E-state index is 4.49. The fraction of sp³-hybridized carbons (Fsp3) is 0.231. The average Bonchev–Trinajstić information content (AvgIpc) is 2.95. The van der Waals surface area contributed by atoms with Crippen LogP contribution in [0.4, 0.5) is 11.8 Å². The largest absolute Gasteiger partial charge is 0.357 e. The van der Waals surface area contributed by atoms with Crippen LogP contribution < -0.4 is 10.2 Å². The molecule has 3 heterocycles. The average molecular weight is 269 g/mol. The van der Waals surface area contributed by atoms with E-state index in [9.17, 15) is 0 Å². The van der Waals surface area contributed by atoms with Crippen LogP contribution in [0.15, 0.2) is 30.7 Å². The van der Waals surface area contributed by atoms with Crippen molar-refractivity contribution in [2.45, 2.75) is 6.54 Å². The minimum atomic E-state index is 0.549. The van der Waals surface area contributed by atoms with Gasteiger partial charge in [0.05, 0.1) is 18.6 Å². The first kappa shape index (κ1) is 12.3. The van der Waals surface area contributed by atoms with Crippen LogP contribution in [0.1, 0.15) is 5.69 Å². The third kappa shape index (κ3) is 2.25. The standard InChI is InChI=1S/C13H15N7/c1-14-13-18-11-10(16-8-17-11)12(19-13)20(2)7-9-5-3-4-6-15-9/h3-6,8H,7H2,1-2H3,(H2,14,16,17,18,19). The molecule has 3 rings (SSSR count). The van der Waals surface area contributed by atoms with Crippen LogP contribution in [0.25, 0.3) is 11.2 Å². The van der Waals surface area contributed by atoms with Crippen molar-refractivity contribution >= 4 is 22.9 Å². The van der Waals surface area contributed by atoms with Crippen molar-refractivity contribution in [3.05, 3.63) is 36.4 Å². The number of anilines is 2. The van der Waals surface area contributed by atoms with Gasteiger partial charge in [-0.2, -0.15) is 9.97 Å². The molecule has 0 aliphatic carbocycles. The van der Waals surface area contributed by atoms with E-state index in [-0.39, 0.29) is 0 Å². The molecular formula is C13H15N7. The molecule has 0 aliphatic heterocycles. The Balaban J connectivity index is 1.98. The Morgan fingerprint density at radius 1 is 1.25 bits per heavy atom. The van der Waals surface area contributed by atoms with Gasteiger partial charge in [-0.25, -0.2) is 4.98 Å². The van der Waals surface area contributed by atoms with Gasteiger partial charge < -0.3 is 15.2 Å². The number of hydrogen-bond donors (Lipinski definition) is 2. The number of aromatic amines is 1. The van der Waals surface area contributed by atoms with Gasteiger partial charge in [0.15, 0.2) is 11.5 Å². The summed E-state index contributed by atoms with van der Waals surface area (Å²) in [6.45, 7) is 0.662. The Morgan fingerprint density at radius 2 is 2.15 bits per heavy atom. The number of hydrogen-bond acceptors (Lipinski definition) is 6. The predicted molar refractivity (Wildman–Crippen MR) is 77.6 cm³/mol. The van der Waals surface area contributed by atoms with Crippen LogP contribution in [-0.4, -0.2) is 39.0 Å². The van der Waals surface area contributed by atoms with Crippen molar-refractivity contribution < 1.29 is 0 Å². The second-order valence-corrected chi connectivity index (χ2v) is 4.40. The van der Waals surface area contributed by atoms with Crippen molar-refractivity contribution in [3.8, 4) is 0 Å². The minimum absolute atomic E-state index is 0.549. The summed E-state index contributed by atoms with van der Waals surface area (Å²) < 4.78 is 0. The molecule has 2 N–H and O–H groups in total. The van der Waals surface area contributed by atoms with Gasteiger partial charge in [0.2, 0.25) is 5.95 Å². The van der Waals surface area contributed by atoms with Crippen LogP contribution in [0.5, 0.6) is 0 Å². The third-order valence-electron chi connectivity index (χ3n) is 2.98. The maximum absolute atomic E-state index is 4.49. The smallest absolute Gasteiger partial charge is 0.226 e. The summed E-state index contributed by atoms with van der Waals surface area (Å²) in [5.41, 5.74) is 2.45. The summed E-state index contributed by atoms with van der Waals surface area (Å²) in [5.74, 6) is 1.34. The van der Waals surface area contributed by atoms with Gasteiger partial charge in [-0.1, -0.05) is 6.07 Å². The van der Waals surface area contributed by atoms with E-state index >= 15 is 0 Å². The Morgan fingerprint density at radius 3 is 2.90 bits per heavy atom. The van der Waals surface area contributed by atoms with E-state index in [1.807, 2.05) is 30.1 Å². The first-order valence-corrected chi connectivity index (χ1v) is 6.28. The van der Waals surface area contributed by atoms with Gasteiger partial charge in [0.1, 0.15) is 5.52 Å². The van der Waals surface area contributed by atoms with E-state index in [1.165, 1.54) is 0 Å². The zero-order chi connectivity index (χ0) is 13.9. The fourth-order valence-corrected chi connectivity index (χ4v) is 2.02. The summed E-state index contributed by atoms with van der Waals surface area (Å²) >= 11 is 0. The Kier molecular flexibility index (Phi) is 3.16. The Hall–Kier alpha value is -2.70. The zero-order valence-corrected chi connectivity index (χ0v) is 11.3. The second kappa shape index (κ2) is 5.12. The molecule has 0 aromatic carbocycles. The molecule has 20 heavy (non-hydrogen) atoms. The van der Waals surface area contributed by atoms with Crippen molar-refractivity contribution in [2.24, 2.45) is 0 Å². The number of nitrogens with zero attached hydrogens (tertiary/aromatic N) is 5. The van der Waals surface area contributed by atoms with Gasteiger partial charge in [-0.3, -0.25) is 4.98 Å². The molecule has 3 aromatic heterocycles. The molecule has 0 amide bonds. The number of rotatable bonds is 4. The molecular weight excluding hydrogens is 254 g/mol. The van der Waals surface area contributed by atoms with Gasteiger partial charge in [-0.15, -0.1) is 0 Å². The van der Waals surface area contributed by atoms with Crippen molar-refractivity contribution in [1.82, 2.24) is 24.9 Å². The number of aromatic nitrogens is 5. The summed E-state index contributed by atoms with van der Waals surface area (Å²) in [7, 11) is 3.76. The highest BCUT2D eigenvalue weighted by Gasteiger charge is 2.13. The first-order valence-electron chi connectivity index (χ1n) is 6.28. The van der Waals surface area contributed by atoms with Crippen LogP contribution in [0.2, 0.25) is 0 Å². The van der Waals surface area contributed by atoms with E-state index < -0.39 is 0 Å². The summed E-state index contributed by atoms with van der Waals surface area (Å²) in [4.78, 5) is 22.4.